The fourth-order valence-corrected chi connectivity index (χ4v) is 3.58. The zero-order chi connectivity index (χ0) is 23.4. The highest BCUT2D eigenvalue weighted by Gasteiger charge is 2.16. The van der Waals surface area contributed by atoms with Gasteiger partial charge in [0.05, 0.1) is 7.11 Å². The van der Waals surface area contributed by atoms with Crippen molar-refractivity contribution in [2.24, 2.45) is 0 Å². The third kappa shape index (κ3) is 5.40. The lowest BCUT2D eigenvalue weighted by Crippen LogP contribution is -2.23. The molecule has 6 nitrogen and oxygen atoms in total. The lowest BCUT2D eigenvalue weighted by Gasteiger charge is -2.19. The zero-order valence-corrected chi connectivity index (χ0v) is 19.4. The molecule has 172 valence electrons. The number of amides is 1. The van der Waals surface area contributed by atoms with Crippen LogP contribution >= 0.6 is 0 Å². The number of benzene rings is 3. The first-order chi connectivity index (χ1) is 15.8. The van der Waals surface area contributed by atoms with Crippen LogP contribution in [0.3, 0.4) is 0 Å². The molecule has 0 aliphatic carbocycles. The monoisotopic (exact) mass is 447 g/mol. The van der Waals surface area contributed by atoms with Crippen LogP contribution < -0.4 is 24.3 Å². The molecule has 33 heavy (non-hydrogen) atoms. The molecular formula is C27H29NO5. The van der Waals surface area contributed by atoms with Crippen LogP contribution in [-0.4, -0.2) is 19.8 Å². The van der Waals surface area contributed by atoms with Crippen molar-refractivity contribution >= 4 is 5.91 Å². The smallest absolute Gasteiger partial charge is 0.251 e. The number of carbonyl (C=O) groups excluding carboxylic acids is 1. The minimum Gasteiger partial charge on any atom is -0.496 e. The summed E-state index contributed by atoms with van der Waals surface area (Å²) in [5.74, 6) is 2.68. The number of ether oxygens (including phenoxy) is 4. The second kappa shape index (κ2) is 9.45. The van der Waals surface area contributed by atoms with Crippen molar-refractivity contribution in [3.05, 3.63) is 82.9 Å². The van der Waals surface area contributed by atoms with Gasteiger partial charge in [-0.2, -0.15) is 0 Å². The summed E-state index contributed by atoms with van der Waals surface area (Å²) in [7, 11) is 1.61. The Morgan fingerprint density at radius 3 is 2.45 bits per heavy atom. The van der Waals surface area contributed by atoms with Gasteiger partial charge < -0.3 is 24.3 Å². The number of hydrogen-bond acceptors (Lipinski definition) is 5. The molecule has 0 unspecified atom stereocenters. The molecule has 0 fully saturated rings. The van der Waals surface area contributed by atoms with Gasteiger partial charge in [0, 0.05) is 17.7 Å². The van der Waals surface area contributed by atoms with E-state index in [-0.39, 0.29) is 18.1 Å². The van der Waals surface area contributed by atoms with Crippen molar-refractivity contribution in [1.82, 2.24) is 5.32 Å². The zero-order valence-electron chi connectivity index (χ0n) is 19.4. The minimum atomic E-state index is -0.175. The van der Waals surface area contributed by atoms with Gasteiger partial charge in [0.25, 0.3) is 5.91 Å². The lowest BCUT2D eigenvalue weighted by molar-refractivity contribution is 0.0950. The summed E-state index contributed by atoms with van der Waals surface area (Å²) < 4.78 is 22.2. The van der Waals surface area contributed by atoms with E-state index in [9.17, 15) is 4.79 Å². The molecule has 3 aromatic carbocycles. The van der Waals surface area contributed by atoms with E-state index in [1.54, 1.807) is 25.3 Å². The van der Waals surface area contributed by atoms with E-state index in [1.165, 1.54) is 5.56 Å². The average Bonchev–Trinajstić information content (AvgIpc) is 3.28. The summed E-state index contributed by atoms with van der Waals surface area (Å²) in [5.41, 5.74) is 3.60. The molecule has 1 N–H and O–H groups in total. The molecule has 1 amide bonds. The first-order valence-electron chi connectivity index (χ1n) is 10.9. The summed E-state index contributed by atoms with van der Waals surface area (Å²) in [6.45, 7) is 7.43. The maximum absolute atomic E-state index is 12.8. The van der Waals surface area contributed by atoms with Gasteiger partial charge in [-0.25, -0.2) is 0 Å². The van der Waals surface area contributed by atoms with E-state index in [2.05, 4.69) is 38.2 Å². The number of carbonyl (C=O) groups is 1. The third-order valence-corrected chi connectivity index (χ3v) is 5.55. The van der Waals surface area contributed by atoms with Crippen LogP contribution in [0.4, 0.5) is 0 Å². The topological polar surface area (TPSA) is 66.0 Å². The molecule has 4 rings (SSSR count). The van der Waals surface area contributed by atoms with Crippen LogP contribution in [0, 0.1) is 0 Å². The number of nitrogens with one attached hydrogen (secondary N) is 1. The molecule has 1 aliphatic rings. The number of methoxy groups -OCH3 is 1. The Kier molecular flexibility index (Phi) is 6.45. The van der Waals surface area contributed by atoms with Crippen molar-refractivity contribution in [2.45, 2.75) is 39.3 Å². The quantitative estimate of drug-likeness (QED) is 0.537. The van der Waals surface area contributed by atoms with Crippen LogP contribution in [0.1, 0.15) is 47.8 Å². The molecule has 0 saturated heterocycles. The standard InChI is InChI=1S/C27H29NO5/c1-27(2,3)21-7-9-22(10-8-21)31-16-20-14-19(6-12-23(20)30-4)26(29)28-15-18-5-11-24-25(13-18)33-17-32-24/h5-14H,15-17H2,1-4H3,(H,28,29). The summed E-state index contributed by atoms with van der Waals surface area (Å²) >= 11 is 0. The summed E-state index contributed by atoms with van der Waals surface area (Å²) in [5, 5.41) is 2.95. The predicted molar refractivity (Wildman–Crippen MR) is 126 cm³/mol. The van der Waals surface area contributed by atoms with Gasteiger partial charge in [0.2, 0.25) is 6.79 Å². The molecule has 0 spiro atoms. The maximum atomic E-state index is 12.8. The fourth-order valence-electron chi connectivity index (χ4n) is 3.58. The van der Waals surface area contributed by atoms with Crippen molar-refractivity contribution in [3.63, 3.8) is 0 Å². The Labute approximate surface area is 194 Å². The van der Waals surface area contributed by atoms with Gasteiger partial charge in [0.1, 0.15) is 18.1 Å². The van der Waals surface area contributed by atoms with Gasteiger partial charge in [0.15, 0.2) is 11.5 Å². The predicted octanol–water partition coefficient (Wildman–Crippen LogP) is 5.23. The van der Waals surface area contributed by atoms with Crippen LogP contribution in [-0.2, 0) is 18.6 Å². The fraction of sp³-hybridized carbons (Fsp3) is 0.296. The van der Waals surface area contributed by atoms with Gasteiger partial charge in [-0.1, -0.05) is 39.0 Å². The molecule has 0 atom stereocenters. The number of hydrogen-bond donors (Lipinski definition) is 1. The van der Waals surface area contributed by atoms with Crippen molar-refractivity contribution in [2.75, 3.05) is 13.9 Å². The van der Waals surface area contributed by atoms with Crippen LogP contribution in [0.25, 0.3) is 0 Å². The molecule has 1 aliphatic heterocycles. The van der Waals surface area contributed by atoms with E-state index in [1.807, 2.05) is 30.3 Å². The van der Waals surface area contributed by atoms with Crippen LogP contribution in [0.15, 0.2) is 60.7 Å². The third-order valence-electron chi connectivity index (χ3n) is 5.55. The highest BCUT2D eigenvalue weighted by molar-refractivity contribution is 5.94. The molecule has 6 heteroatoms. The highest BCUT2D eigenvalue weighted by atomic mass is 16.7. The molecule has 0 bridgehead atoms. The van der Waals surface area contributed by atoms with E-state index >= 15 is 0 Å². The van der Waals surface area contributed by atoms with Gasteiger partial charge in [-0.3, -0.25) is 4.79 Å². The Hall–Kier alpha value is -3.67. The number of fused-ring (bicyclic) bond motifs is 1. The normalized spacial score (nSPS) is 12.4. The highest BCUT2D eigenvalue weighted by Crippen LogP contribution is 2.32. The van der Waals surface area contributed by atoms with E-state index in [0.717, 1.165) is 22.6 Å². The van der Waals surface area contributed by atoms with Gasteiger partial charge in [-0.05, 0) is 59.0 Å². The van der Waals surface area contributed by atoms with Crippen molar-refractivity contribution < 1.29 is 23.7 Å². The average molecular weight is 448 g/mol. The second-order valence-electron chi connectivity index (χ2n) is 8.96. The van der Waals surface area contributed by atoms with E-state index in [0.29, 0.717) is 30.2 Å². The Bertz CT molecular complexity index is 1130. The Morgan fingerprint density at radius 1 is 0.970 bits per heavy atom. The summed E-state index contributed by atoms with van der Waals surface area (Å²) in [6.07, 6.45) is 0. The molecule has 0 radical (unpaired) electrons. The van der Waals surface area contributed by atoms with Crippen molar-refractivity contribution in [1.29, 1.82) is 0 Å². The molecule has 0 saturated carbocycles. The molecular weight excluding hydrogens is 418 g/mol. The summed E-state index contributed by atoms with van der Waals surface area (Å²) in [4.78, 5) is 12.8. The van der Waals surface area contributed by atoms with Gasteiger partial charge >= 0.3 is 0 Å². The van der Waals surface area contributed by atoms with Crippen LogP contribution in [0.5, 0.6) is 23.0 Å². The minimum absolute atomic E-state index is 0.0873. The molecule has 0 aromatic heterocycles. The molecule has 1 heterocycles. The lowest BCUT2D eigenvalue weighted by atomic mass is 9.87. The number of rotatable bonds is 7. The van der Waals surface area contributed by atoms with Crippen LogP contribution in [0.2, 0.25) is 0 Å². The first-order valence-corrected chi connectivity index (χ1v) is 10.9. The van der Waals surface area contributed by atoms with Gasteiger partial charge in [-0.15, -0.1) is 0 Å². The summed E-state index contributed by atoms with van der Waals surface area (Å²) in [6, 6.07) is 19.1. The Morgan fingerprint density at radius 2 is 1.73 bits per heavy atom. The first kappa shape index (κ1) is 22.5. The van der Waals surface area contributed by atoms with E-state index < -0.39 is 0 Å². The SMILES string of the molecule is COc1ccc(C(=O)NCc2ccc3c(c2)OCO3)cc1COc1ccc(C(C)(C)C)cc1. The second-order valence-corrected chi connectivity index (χ2v) is 8.96. The largest absolute Gasteiger partial charge is 0.496 e. The maximum Gasteiger partial charge on any atom is 0.251 e. The molecule has 3 aromatic rings. The Balaban J connectivity index is 1.41. The van der Waals surface area contributed by atoms with E-state index in [4.69, 9.17) is 18.9 Å². The van der Waals surface area contributed by atoms with Crippen molar-refractivity contribution in [3.8, 4) is 23.0 Å².